The van der Waals surface area contributed by atoms with Crippen molar-refractivity contribution in [2.75, 3.05) is 40.3 Å². The molecule has 1 unspecified atom stereocenters. The number of aromatic nitrogens is 1. The second-order valence-corrected chi connectivity index (χ2v) is 10.9. The van der Waals surface area contributed by atoms with E-state index in [1.807, 2.05) is 31.3 Å². The van der Waals surface area contributed by atoms with Crippen molar-refractivity contribution < 1.29 is 14.3 Å². The summed E-state index contributed by atoms with van der Waals surface area (Å²) in [6, 6.07) is 18.8. The molecule has 0 bridgehead atoms. The van der Waals surface area contributed by atoms with Gasteiger partial charge in [0.25, 0.3) is 0 Å². The monoisotopic (exact) mass is 498 g/mol. The maximum Gasteiger partial charge on any atom is 0.248 e. The highest BCUT2D eigenvalue weighted by Crippen LogP contribution is 2.38. The molecule has 0 N–H and O–H groups in total. The van der Waals surface area contributed by atoms with Crippen LogP contribution >= 0.6 is 0 Å². The van der Waals surface area contributed by atoms with E-state index in [1.165, 1.54) is 0 Å². The third-order valence-corrected chi connectivity index (χ3v) is 8.18. The van der Waals surface area contributed by atoms with E-state index in [-0.39, 0.29) is 30.1 Å². The molecule has 192 valence electrons. The topological polar surface area (TPSA) is 66.0 Å². The number of carbonyl (C=O) groups excluding carboxylic acids is 2. The average molecular weight is 499 g/mol. The number of likely N-dealkylation sites (N-methyl/N-ethyl adjacent to an activating group) is 1. The molecule has 1 spiro atoms. The summed E-state index contributed by atoms with van der Waals surface area (Å²) in [6.07, 6.45) is 5.68. The van der Waals surface area contributed by atoms with Crippen LogP contribution in [0, 0.1) is 0 Å². The highest BCUT2D eigenvalue weighted by molar-refractivity contribution is 5.85. The lowest BCUT2D eigenvalue weighted by Gasteiger charge is -2.48. The molecule has 3 fully saturated rings. The Bertz CT molecular complexity index is 1310. The fourth-order valence-electron chi connectivity index (χ4n) is 5.81. The van der Waals surface area contributed by atoms with Crippen molar-refractivity contribution in [3.05, 3.63) is 66.4 Å². The number of rotatable bonds is 5. The molecule has 1 saturated carbocycles. The maximum absolute atomic E-state index is 13.4. The molecule has 1 atom stereocenters. The van der Waals surface area contributed by atoms with Gasteiger partial charge in [0.05, 0.1) is 17.7 Å². The summed E-state index contributed by atoms with van der Waals surface area (Å²) in [5, 5.41) is 1.12. The first-order chi connectivity index (χ1) is 17.9. The summed E-state index contributed by atoms with van der Waals surface area (Å²) in [5.41, 5.74) is 3.89. The van der Waals surface area contributed by atoms with Gasteiger partial charge in [-0.1, -0.05) is 42.5 Å². The van der Waals surface area contributed by atoms with Crippen molar-refractivity contribution in [3.8, 4) is 11.1 Å². The van der Waals surface area contributed by atoms with Crippen LogP contribution in [0.1, 0.15) is 37.3 Å². The van der Waals surface area contributed by atoms with Crippen molar-refractivity contribution in [2.24, 2.45) is 0 Å². The van der Waals surface area contributed by atoms with Crippen LogP contribution in [0.2, 0.25) is 0 Å². The largest absolute Gasteiger partial charge is 0.363 e. The minimum Gasteiger partial charge on any atom is -0.363 e. The summed E-state index contributed by atoms with van der Waals surface area (Å²) in [6.45, 7) is 2.39. The molecule has 2 aromatic carbocycles. The second kappa shape index (κ2) is 9.54. The number of ether oxygens (including phenoxy) is 1. The van der Waals surface area contributed by atoms with Crippen molar-refractivity contribution in [3.63, 3.8) is 0 Å². The number of hydrogen-bond acceptors (Lipinski definition) is 5. The second-order valence-electron chi connectivity index (χ2n) is 10.9. The molecule has 6 rings (SSSR count). The lowest BCUT2D eigenvalue weighted by Crippen LogP contribution is -2.60. The van der Waals surface area contributed by atoms with Crippen LogP contribution in [0.25, 0.3) is 22.0 Å². The normalized spacial score (nSPS) is 20.8. The van der Waals surface area contributed by atoms with Gasteiger partial charge in [0.15, 0.2) is 0 Å². The number of nitrogens with zero attached hydrogens (tertiary/aromatic N) is 4. The lowest BCUT2D eigenvalue weighted by molar-refractivity contribution is -0.174. The van der Waals surface area contributed by atoms with Gasteiger partial charge >= 0.3 is 0 Å². The maximum atomic E-state index is 13.4. The Balaban J connectivity index is 1.21. The van der Waals surface area contributed by atoms with Crippen LogP contribution in [-0.4, -0.2) is 83.5 Å². The minimum absolute atomic E-state index is 0.0814. The van der Waals surface area contributed by atoms with Gasteiger partial charge in [-0.2, -0.15) is 0 Å². The minimum atomic E-state index is -0.343. The molecule has 7 heteroatoms. The van der Waals surface area contributed by atoms with Crippen LogP contribution in [0.15, 0.2) is 60.8 Å². The Morgan fingerprint density at radius 2 is 1.78 bits per heavy atom. The van der Waals surface area contributed by atoms with Crippen LogP contribution in [0.4, 0.5) is 0 Å². The number of morpholine rings is 1. The predicted octanol–water partition coefficient (Wildman–Crippen LogP) is 3.89. The van der Waals surface area contributed by atoms with Gasteiger partial charge in [-0.15, -0.1) is 0 Å². The highest BCUT2D eigenvalue weighted by Gasteiger charge is 2.47. The number of fused-ring (bicyclic) bond motifs is 1. The van der Waals surface area contributed by atoms with Gasteiger partial charge in [-0.3, -0.25) is 19.5 Å². The first kappa shape index (κ1) is 24.1. The Hall–Kier alpha value is -3.29. The molecule has 1 aliphatic carbocycles. The predicted molar refractivity (Wildman–Crippen MR) is 143 cm³/mol. The molecule has 37 heavy (non-hydrogen) atoms. The Morgan fingerprint density at radius 1 is 1.05 bits per heavy atom. The molecule has 2 amide bonds. The van der Waals surface area contributed by atoms with E-state index in [4.69, 9.17) is 4.74 Å². The van der Waals surface area contributed by atoms with E-state index in [0.29, 0.717) is 12.6 Å². The van der Waals surface area contributed by atoms with Crippen LogP contribution < -0.4 is 0 Å². The molecule has 2 saturated heterocycles. The quantitative estimate of drug-likeness (QED) is 0.534. The van der Waals surface area contributed by atoms with E-state index in [2.05, 4.69) is 58.4 Å². The summed E-state index contributed by atoms with van der Waals surface area (Å²) >= 11 is 0. The van der Waals surface area contributed by atoms with E-state index in [9.17, 15) is 9.59 Å². The molecule has 3 aliphatic rings. The fourth-order valence-corrected chi connectivity index (χ4v) is 5.81. The van der Waals surface area contributed by atoms with E-state index in [0.717, 1.165) is 66.4 Å². The third-order valence-electron chi connectivity index (χ3n) is 8.18. The van der Waals surface area contributed by atoms with Gasteiger partial charge < -0.3 is 14.5 Å². The molecule has 2 aliphatic heterocycles. The zero-order valence-corrected chi connectivity index (χ0v) is 21.6. The molecular formula is C30H34N4O3. The zero-order chi connectivity index (χ0) is 25.6. The van der Waals surface area contributed by atoms with Gasteiger partial charge in [0.2, 0.25) is 11.8 Å². The molecule has 3 heterocycles. The first-order valence-corrected chi connectivity index (χ1v) is 13.3. The highest BCUT2D eigenvalue weighted by atomic mass is 16.5. The van der Waals surface area contributed by atoms with E-state index in [1.54, 1.807) is 4.90 Å². The first-order valence-electron chi connectivity index (χ1n) is 13.3. The van der Waals surface area contributed by atoms with Gasteiger partial charge in [-0.05, 0) is 54.5 Å². The summed E-state index contributed by atoms with van der Waals surface area (Å²) in [7, 11) is 3.64. The summed E-state index contributed by atoms with van der Waals surface area (Å²) in [5.74, 6) is 0.205. The van der Waals surface area contributed by atoms with Crippen molar-refractivity contribution in [1.29, 1.82) is 0 Å². The molecule has 0 radical (unpaired) electrons. The fraction of sp³-hybridized carbons (Fsp3) is 0.433. The number of likely N-dealkylation sites (tertiary alicyclic amines) is 1. The number of piperidine rings is 1. The van der Waals surface area contributed by atoms with Crippen molar-refractivity contribution >= 4 is 22.7 Å². The van der Waals surface area contributed by atoms with Gasteiger partial charge in [0, 0.05) is 44.8 Å². The Labute approximate surface area is 218 Å². The number of benzene rings is 2. The summed E-state index contributed by atoms with van der Waals surface area (Å²) in [4.78, 5) is 36.2. The number of pyridine rings is 1. The number of amides is 2. The van der Waals surface area contributed by atoms with E-state index >= 15 is 0 Å². The Morgan fingerprint density at radius 3 is 2.49 bits per heavy atom. The van der Waals surface area contributed by atoms with Crippen LogP contribution in [0.3, 0.4) is 0 Å². The van der Waals surface area contributed by atoms with E-state index < -0.39 is 0 Å². The standard InChI is InChI=1S/C30H34N4O3/c1-32(2)29(36)28(33-16-13-30(14-17-33)20-34(25-11-12-25)27(35)19-37-30)23-8-5-21(6-9-23)24-10-7-22-4-3-15-31-26(22)18-24/h3-10,15,18,25,28H,11-14,16-17,19-20H2,1-2H3. The van der Waals surface area contributed by atoms with Gasteiger partial charge in [-0.25, -0.2) is 0 Å². The molecule has 3 aromatic rings. The van der Waals surface area contributed by atoms with Crippen LogP contribution in [-0.2, 0) is 14.3 Å². The molecule has 7 nitrogen and oxygen atoms in total. The SMILES string of the molecule is CN(C)C(=O)C(c1ccc(-c2ccc3cccnc3c2)cc1)N1CCC2(CC1)CN(C1CC1)C(=O)CO2. The van der Waals surface area contributed by atoms with Crippen LogP contribution in [0.5, 0.6) is 0 Å². The smallest absolute Gasteiger partial charge is 0.248 e. The zero-order valence-electron chi connectivity index (χ0n) is 21.6. The lowest BCUT2D eigenvalue weighted by atomic mass is 9.87. The van der Waals surface area contributed by atoms with Gasteiger partial charge in [0.1, 0.15) is 12.6 Å². The molecule has 1 aromatic heterocycles. The Kier molecular flexibility index (Phi) is 6.21. The van der Waals surface area contributed by atoms with Crippen molar-refractivity contribution in [2.45, 2.75) is 43.4 Å². The number of carbonyl (C=O) groups is 2. The summed E-state index contributed by atoms with van der Waals surface area (Å²) < 4.78 is 6.15. The third kappa shape index (κ3) is 4.74. The van der Waals surface area contributed by atoms with Crippen molar-refractivity contribution in [1.82, 2.24) is 19.7 Å². The number of hydrogen-bond donors (Lipinski definition) is 0. The molecular weight excluding hydrogens is 464 g/mol. The average Bonchev–Trinajstić information content (AvgIpc) is 3.77.